The van der Waals surface area contributed by atoms with Gasteiger partial charge in [0.2, 0.25) is 0 Å². The average Bonchev–Trinajstić information content (AvgIpc) is 2.87. The SMILES string of the molecule is Cc1cc(-c2ccco2)c2c(=O)[nH][nH]c2n1. The number of hydrogen-bond acceptors (Lipinski definition) is 3. The van der Waals surface area contributed by atoms with Crippen LogP contribution in [0, 0.1) is 6.92 Å². The van der Waals surface area contributed by atoms with Crippen LogP contribution in [0.4, 0.5) is 0 Å². The molecular weight excluding hydrogens is 206 g/mol. The molecule has 5 heteroatoms. The second-order valence-corrected chi connectivity index (χ2v) is 3.59. The van der Waals surface area contributed by atoms with Crippen LogP contribution in [0.5, 0.6) is 0 Å². The normalized spacial score (nSPS) is 11.1. The smallest absolute Gasteiger partial charge is 0.274 e. The molecule has 0 fully saturated rings. The summed E-state index contributed by atoms with van der Waals surface area (Å²) in [5.41, 5.74) is 1.95. The minimum Gasteiger partial charge on any atom is -0.464 e. The molecule has 3 rings (SSSR count). The third-order valence-corrected chi connectivity index (χ3v) is 2.46. The van der Waals surface area contributed by atoms with E-state index in [-0.39, 0.29) is 5.56 Å². The molecule has 3 heterocycles. The first-order chi connectivity index (χ1) is 7.75. The summed E-state index contributed by atoms with van der Waals surface area (Å²) < 4.78 is 5.31. The molecule has 16 heavy (non-hydrogen) atoms. The zero-order valence-electron chi connectivity index (χ0n) is 8.57. The number of nitrogens with one attached hydrogen (secondary N) is 2. The van der Waals surface area contributed by atoms with Crippen LogP contribution in [0.15, 0.2) is 33.7 Å². The molecule has 2 N–H and O–H groups in total. The Labute approximate surface area is 90.1 Å². The Balaban J connectivity index is 2.47. The van der Waals surface area contributed by atoms with Crippen LogP contribution in [0.3, 0.4) is 0 Å². The lowest BCUT2D eigenvalue weighted by atomic mass is 10.1. The molecule has 0 radical (unpaired) electrons. The number of nitrogens with zero attached hydrogens (tertiary/aromatic N) is 1. The molecule has 5 nitrogen and oxygen atoms in total. The van der Waals surface area contributed by atoms with Crippen molar-refractivity contribution in [3.05, 3.63) is 40.5 Å². The van der Waals surface area contributed by atoms with Gasteiger partial charge in [0.1, 0.15) is 5.76 Å². The number of aromatic amines is 2. The van der Waals surface area contributed by atoms with Crippen molar-refractivity contribution in [3.8, 4) is 11.3 Å². The molecule has 0 saturated heterocycles. The highest BCUT2D eigenvalue weighted by molar-refractivity contribution is 5.90. The van der Waals surface area contributed by atoms with Gasteiger partial charge >= 0.3 is 0 Å². The number of pyridine rings is 1. The van der Waals surface area contributed by atoms with Crippen molar-refractivity contribution in [2.24, 2.45) is 0 Å². The molecule has 0 bridgehead atoms. The highest BCUT2D eigenvalue weighted by atomic mass is 16.3. The number of H-pyrrole nitrogens is 2. The molecule has 0 aliphatic rings. The van der Waals surface area contributed by atoms with Gasteiger partial charge in [0, 0.05) is 11.3 Å². The Bertz CT molecular complexity index is 692. The fourth-order valence-corrected chi connectivity index (χ4v) is 1.80. The Morgan fingerprint density at radius 3 is 3.00 bits per heavy atom. The van der Waals surface area contributed by atoms with E-state index in [1.54, 1.807) is 12.3 Å². The van der Waals surface area contributed by atoms with Crippen LogP contribution in [-0.2, 0) is 0 Å². The number of furan rings is 1. The first kappa shape index (κ1) is 8.96. The highest BCUT2D eigenvalue weighted by Gasteiger charge is 2.12. The first-order valence-corrected chi connectivity index (χ1v) is 4.87. The summed E-state index contributed by atoms with van der Waals surface area (Å²) in [4.78, 5) is 15.9. The van der Waals surface area contributed by atoms with E-state index >= 15 is 0 Å². The van der Waals surface area contributed by atoms with Crippen LogP contribution in [0.25, 0.3) is 22.4 Å². The summed E-state index contributed by atoms with van der Waals surface area (Å²) in [7, 11) is 0. The Hall–Kier alpha value is -2.30. The second-order valence-electron chi connectivity index (χ2n) is 3.59. The van der Waals surface area contributed by atoms with Crippen molar-refractivity contribution < 1.29 is 4.42 Å². The summed E-state index contributed by atoms with van der Waals surface area (Å²) in [5.74, 6) is 0.667. The molecular formula is C11H9N3O2. The number of aryl methyl sites for hydroxylation is 1. The maximum Gasteiger partial charge on any atom is 0.274 e. The van der Waals surface area contributed by atoms with Crippen molar-refractivity contribution in [1.29, 1.82) is 0 Å². The number of rotatable bonds is 1. The van der Waals surface area contributed by atoms with Gasteiger partial charge in [-0.3, -0.25) is 15.0 Å². The number of fused-ring (bicyclic) bond motifs is 1. The lowest BCUT2D eigenvalue weighted by Crippen LogP contribution is -1.99. The van der Waals surface area contributed by atoms with E-state index < -0.39 is 0 Å². The first-order valence-electron chi connectivity index (χ1n) is 4.87. The van der Waals surface area contributed by atoms with E-state index in [9.17, 15) is 4.79 Å². The molecule has 0 aromatic carbocycles. The Morgan fingerprint density at radius 2 is 2.25 bits per heavy atom. The third-order valence-electron chi connectivity index (χ3n) is 2.46. The molecule has 0 spiro atoms. The monoisotopic (exact) mass is 215 g/mol. The van der Waals surface area contributed by atoms with Crippen molar-refractivity contribution in [2.45, 2.75) is 6.92 Å². The minimum atomic E-state index is -0.186. The predicted octanol–water partition coefficient (Wildman–Crippen LogP) is 1.82. The largest absolute Gasteiger partial charge is 0.464 e. The van der Waals surface area contributed by atoms with Crippen molar-refractivity contribution >= 4 is 11.0 Å². The van der Waals surface area contributed by atoms with E-state index in [4.69, 9.17) is 4.42 Å². The minimum absolute atomic E-state index is 0.186. The van der Waals surface area contributed by atoms with Crippen LogP contribution >= 0.6 is 0 Å². The quantitative estimate of drug-likeness (QED) is 0.650. The molecule has 0 aliphatic carbocycles. The average molecular weight is 215 g/mol. The fraction of sp³-hybridized carbons (Fsp3) is 0.0909. The molecule has 80 valence electrons. The number of hydrogen-bond donors (Lipinski definition) is 2. The third kappa shape index (κ3) is 1.18. The van der Waals surface area contributed by atoms with Crippen molar-refractivity contribution in [2.75, 3.05) is 0 Å². The van der Waals surface area contributed by atoms with Gasteiger partial charge in [-0.15, -0.1) is 0 Å². The lowest BCUT2D eigenvalue weighted by molar-refractivity contribution is 0.583. The maximum absolute atomic E-state index is 11.6. The van der Waals surface area contributed by atoms with E-state index in [1.165, 1.54) is 0 Å². The molecule has 3 aromatic heterocycles. The van der Waals surface area contributed by atoms with E-state index in [0.717, 1.165) is 11.3 Å². The van der Waals surface area contributed by atoms with Gasteiger partial charge in [-0.2, -0.15) is 0 Å². The van der Waals surface area contributed by atoms with Gasteiger partial charge < -0.3 is 4.42 Å². The molecule has 0 amide bonds. The van der Waals surface area contributed by atoms with Gasteiger partial charge in [-0.05, 0) is 25.1 Å². The molecule has 0 saturated carbocycles. The zero-order chi connectivity index (χ0) is 11.1. The summed E-state index contributed by atoms with van der Waals surface area (Å²) >= 11 is 0. The van der Waals surface area contributed by atoms with Crippen LogP contribution < -0.4 is 5.56 Å². The molecule has 0 atom stereocenters. The van der Waals surface area contributed by atoms with Gasteiger partial charge in [0.25, 0.3) is 5.56 Å². The standard InChI is InChI=1S/C11H9N3O2/c1-6-5-7(8-3-2-4-16-8)9-10(12-6)13-14-11(9)15/h2-5H,1H3,(H2,12,13,14,15). The lowest BCUT2D eigenvalue weighted by Gasteiger charge is -1.99. The number of aromatic nitrogens is 3. The summed E-state index contributed by atoms with van der Waals surface area (Å²) in [6.07, 6.45) is 1.58. The second kappa shape index (κ2) is 3.10. The van der Waals surface area contributed by atoms with Gasteiger partial charge in [0.15, 0.2) is 5.65 Å². The van der Waals surface area contributed by atoms with E-state index in [1.807, 2.05) is 19.1 Å². The highest BCUT2D eigenvalue weighted by Crippen LogP contribution is 2.25. The zero-order valence-corrected chi connectivity index (χ0v) is 8.57. The maximum atomic E-state index is 11.6. The summed E-state index contributed by atoms with van der Waals surface area (Å²) in [6, 6.07) is 5.45. The molecule has 3 aromatic rings. The van der Waals surface area contributed by atoms with Crippen LogP contribution in [-0.4, -0.2) is 15.2 Å². The van der Waals surface area contributed by atoms with Crippen LogP contribution in [0.2, 0.25) is 0 Å². The van der Waals surface area contributed by atoms with Crippen LogP contribution in [0.1, 0.15) is 5.69 Å². The Kier molecular flexibility index (Phi) is 1.73. The van der Waals surface area contributed by atoms with Crippen molar-refractivity contribution in [3.63, 3.8) is 0 Å². The van der Waals surface area contributed by atoms with Gasteiger partial charge in [-0.1, -0.05) is 0 Å². The summed E-state index contributed by atoms with van der Waals surface area (Å²) in [5, 5.41) is 5.79. The topological polar surface area (TPSA) is 74.7 Å². The predicted molar refractivity (Wildman–Crippen MR) is 59.2 cm³/mol. The van der Waals surface area contributed by atoms with E-state index in [0.29, 0.717) is 16.8 Å². The van der Waals surface area contributed by atoms with Gasteiger partial charge in [-0.25, -0.2) is 4.98 Å². The van der Waals surface area contributed by atoms with E-state index in [2.05, 4.69) is 15.2 Å². The molecule has 0 unspecified atom stereocenters. The summed E-state index contributed by atoms with van der Waals surface area (Å²) in [6.45, 7) is 1.87. The van der Waals surface area contributed by atoms with Gasteiger partial charge in [0.05, 0.1) is 11.6 Å². The fourth-order valence-electron chi connectivity index (χ4n) is 1.80. The molecule has 0 aliphatic heterocycles. The van der Waals surface area contributed by atoms with Crippen molar-refractivity contribution in [1.82, 2.24) is 15.2 Å². The Morgan fingerprint density at radius 1 is 1.38 bits per heavy atom.